The quantitative estimate of drug-likeness (QED) is 0.727. The predicted octanol–water partition coefficient (Wildman–Crippen LogP) is 3.70. The second-order valence-electron chi connectivity index (χ2n) is 5.07. The third-order valence-electron chi connectivity index (χ3n) is 3.02. The summed E-state index contributed by atoms with van der Waals surface area (Å²) in [4.78, 5) is 11.8. The van der Waals surface area contributed by atoms with Gasteiger partial charge in [0.2, 0.25) is 0 Å². The van der Waals surface area contributed by atoms with Gasteiger partial charge in [-0.3, -0.25) is 0 Å². The van der Waals surface area contributed by atoms with E-state index in [0.717, 1.165) is 5.56 Å². The number of benzene rings is 2. The van der Waals surface area contributed by atoms with Gasteiger partial charge in [0, 0.05) is 5.92 Å². The van der Waals surface area contributed by atoms with Crippen LogP contribution in [0.5, 0.6) is 0 Å². The average Bonchev–Trinajstić information content (AvgIpc) is 2.54. The molecule has 1 atom stereocenters. The van der Waals surface area contributed by atoms with Gasteiger partial charge < -0.3 is 9.47 Å². The molecule has 2 rings (SSSR count). The fraction of sp³-hybridized carbons (Fsp3) is 0.278. The van der Waals surface area contributed by atoms with Crippen LogP contribution in [-0.2, 0) is 16.1 Å². The first-order chi connectivity index (χ1) is 10.3. The van der Waals surface area contributed by atoms with Gasteiger partial charge in [0.25, 0.3) is 0 Å². The molecule has 0 amide bonds. The third kappa shape index (κ3) is 5.40. The Bertz CT molecular complexity index is 537. The van der Waals surface area contributed by atoms with Crippen LogP contribution in [0.2, 0.25) is 0 Å². The number of hydrogen-bond acceptors (Lipinski definition) is 3. The first-order valence-corrected chi connectivity index (χ1v) is 7.09. The molecule has 3 heteroatoms. The first kappa shape index (κ1) is 15.3. The molecule has 0 saturated carbocycles. The van der Waals surface area contributed by atoms with E-state index in [1.54, 1.807) is 12.1 Å². The minimum absolute atomic E-state index is 0.168. The van der Waals surface area contributed by atoms with Crippen LogP contribution in [0.3, 0.4) is 0 Å². The summed E-state index contributed by atoms with van der Waals surface area (Å²) < 4.78 is 10.9. The smallest absolute Gasteiger partial charge is 0.338 e. The van der Waals surface area contributed by atoms with Crippen molar-refractivity contribution < 1.29 is 14.3 Å². The van der Waals surface area contributed by atoms with Crippen molar-refractivity contribution in [3.05, 3.63) is 71.8 Å². The molecular weight excluding hydrogens is 264 g/mol. The van der Waals surface area contributed by atoms with Gasteiger partial charge in [-0.05, 0) is 17.7 Å². The van der Waals surface area contributed by atoms with E-state index in [1.165, 1.54) is 0 Å². The zero-order chi connectivity index (χ0) is 14.9. The molecule has 3 nitrogen and oxygen atoms in total. The maximum absolute atomic E-state index is 11.8. The van der Waals surface area contributed by atoms with E-state index in [9.17, 15) is 4.79 Å². The van der Waals surface area contributed by atoms with E-state index >= 15 is 0 Å². The summed E-state index contributed by atoms with van der Waals surface area (Å²) in [6.07, 6.45) is 0. The fourth-order valence-electron chi connectivity index (χ4n) is 1.88. The third-order valence-corrected chi connectivity index (χ3v) is 3.02. The van der Waals surface area contributed by atoms with Crippen molar-refractivity contribution in [1.29, 1.82) is 0 Å². The van der Waals surface area contributed by atoms with Crippen LogP contribution in [0.15, 0.2) is 60.7 Å². The zero-order valence-electron chi connectivity index (χ0n) is 12.2. The van der Waals surface area contributed by atoms with Gasteiger partial charge in [-0.15, -0.1) is 0 Å². The molecule has 21 heavy (non-hydrogen) atoms. The number of ether oxygens (including phenoxy) is 2. The highest BCUT2D eigenvalue weighted by Crippen LogP contribution is 2.06. The van der Waals surface area contributed by atoms with Gasteiger partial charge in [-0.1, -0.05) is 55.5 Å². The molecule has 0 aromatic heterocycles. The maximum atomic E-state index is 11.8. The molecular formula is C18H20O3. The largest absolute Gasteiger partial charge is 0.462 e. The van der Waals surface area contributed by atoms with Crippen molar-refractivity contribution in [3.8, 4) is 0 Å². The van der Waals surface area contributed by atoms with Crippen LogP contribution in [-0.4, -0.2) is 19.2 Å². The molecule has 0 N–H and O–H groups in total. The number of rotatable bonds is 7. The van der Waals surface area contributed by atoms with Crippen molar-refractivity contribution in [2.75, 3.05) is 13.2 Å². The van der Waals surface area contributed by atoms with Crippen molar-refractivity contribution in [1.82, 2.24) is 0 Å². The minimum atomic E-state index is -0.287. The summed E-state index contributed by atoms with van der Waals surface area (Å²) in [6.45, 7) is 3.51. The van der Waals surface area contributed by atoms with Gasteiger partial charge in [-0.25, -0.2) is 4.79 Å². The van der Waals surface area contributed by atoms with Crippen LogP contribution in [0, 0.1) is 5.92 Å². The molecule has 0 heterocycles. The lowest BCUT2D eigenvalue weighted by molar-refractivity contribution is 0.0291. The summed E-state index contributed by atoms with van der Waals surface area (Å²) in [7, 11) is 0. The second-order valence-corrected chi connectivity index (χ2v) is 5.07. The predicted molar refractivity (Wildman–Crippen MR) is 82.0 cm³/mol. The minimum Gasteiger partial charge on any atom is -0.462 e. The zero-order valence-corrected chi connectivity index (χ0v) is 12.2. The van der Waals surface area contributed by atoms with Gasteiger partial charge >= 0.3 is 5.97 Å². The monoisotopic (exact) mass is 284 g/mol. The number of esters is 1. The van der Waals surface area contributed by atoms with Crippen LogP contribution in [0.25, 0.3) is 0 Å². The van der Waals surface area contributed by atoms with Gasteiger partial charge in [-0.2, -0.15) is 0 Å². The molecule has 0 bridgehead atoms. The van der Waals surface area contributed by atoms with Crippen LogP contribution in [0.4, 0.5) is 0 Å². The molecule has 0 unspecified atom stereocenters. The summed E-state index contributed by atoms with van der Waals surface area (Å²) in [5.41, 5.74) is 1.72. The van der Waals surface area contributed by atoms with Crippen molar-refractivity contribution in [3.63, 3.8) is 0 Å². The standard InChI is InChI=1S/C18H20O3/c1-15(12-20-14-16-8-4-2-5-9-16)13-21-18(19)17-10-6-3-7-11-17/h2-11,15H,12-14H2,1H3/t15-/m0/s1. The average molecular weight is 284 g/mol. The lowest BCUT2D eigenvalue weighted by atomic mass is 10.2. The Morgan fingerprint density at radius 3 is 2.24 bits per heavy atom. The molecule has 0 radical (unpaired) electrons. The van der Waals surface area contributed by atoms with E-state index in [1.807, 2.05) is 55.5 Å². The highest BCUT2D eigenvalue weighted by molar-refractivity contribution is 5.89. The Kier molecular flexibility index (Phi) is 5.98. The molecule has 0 aliphatic heterocycles. The molecule has 2 aromatic rings. The summed E-state index contributed by atoms with van der Waals surface area (Å²) in [5, 5.41) is 0. The van der Waals surface area contributed by atoms with E-state index < -0.39 is 0 Å². The Morgan fingerprint density at radius 1 is 0.952 bits per heavy atom. The van der Waals surface area contributed by atoms with Crippen LogP contribution >= 0.6 is 0 Å². The SMILES string of the molecule is C[C@@H](COCc1ccccc1)COC(=O)c1ccccc1. The lowest BCUT2D eigenvalue weighted by Gasteiger charge is -2.12. The summed E-state index contributed by atoms with van der Waals surface area (Å²) >= 11 is 0. The number of carbonyl (C=O) groups excluding carboxylic acids is 1. The van der Waals surface area contributed by atoms with Gasteiger partial charge in [0.15, 0.2) is 0 Å². The van der Waals surface area contributed by atoms with E-state index in [-0.39, 0.29) is 11.9 Å². The number of carbonyl (C=O) groups is 1. The van der Waals surface area contributed by atoms with Gasteiger partial charge in [0.05, 0.1) is 25.4 Å². The van der Waals surface area contributed by atoms with E-state index in [2.05, 4.69) is 0 Å². The maximum Gasteiger partial charge on any atom is 0.338 e. The summed E-state index contributed by atoms with van der Waals surface area (Å²) in [6, 6.07) is 19.0. The second kappa shape index (κ2) is 8.22. The Balaban J connectivity index is 1.66. The summed E-state index contributed by atoms with van der Waals surface area (Å²) in [5.74, 6) is -0.119. The molecule has 0 aliphatic carbocycles. The molecule has 2 aromatic carbocycles. The molecule has 0 saturated heterocycles. The molecule has 0 aliphatic rings. The van der Waals surface area contributed by atoms with Crippen LogP contribution < -0.4 is 0 Å². The van der Waals surface area contributed by atoms with Crippen molar-refractivity contribution >= 4 is 5.97 Å². The first-order valence-electron chi connectivity index (χ1n) is 7.09. The molecule has 0 fully saturated rings. The normalized spacial score (nSPS) is 11.9. The topological polar surface area (TPSA) is 35.5 Å². The highest BCUT2D eigenvalue weighted by atomic mass is 16.5. The van der Waals surface area contributed by atoms with E-state index in [0.29, 0.717) is 25.4 Å². The highest BCUT2D eigenvalue weighted by Gasteiger charge is 2.09. The van der Waals surface area contributed by atoms with Crippen molar-refractivity contribution in [2.24, 2.45) is 5.92 Å². The Morgan fingerprint density at radius 2 is 1.57 bits per heavy atom. The van der Waals surface area contributed by atoms with Crippen molar-refractivity contribution in [2.45, 2.75) is 13.5 Å². The van der Waals surface area contributed by atoms with E-state index in [4.69, 9.17) is 9.47 Å². The molecule has 0 spiro atoms. The Hall–Kier alpha value is -2.13. The van der Waals surface area contributed by atoms with Crippen LogP contribution in [0.1, 0.15) is 22.8 Å². The molecule has 110 valence electrons. The van der Waals surface area contributed by atoms with Gasteiger partial charge in [0.1, 0.15) is 0 Å². The lowest BCUT2D eigenvalue weighted by Crippen LogP contribution is -2.16. The fourth-order valence-corrected chi connectivity index (χ4v) is 1.88. The Labute approximate surface area is 125 Å². The number of hydrogen-bond donors (Lipinski definition) is 0.